The van der Waals surface area contributed by atoms with E-state index in [9.17, 15) is 4.79 Å². The number of hydrogen-bond donors (Lipinski definition) is 2. The highest BCUT2D eigenvalue weighted by Gasteiger charge is 2.17. The van der Waals surface area contributed by atoms with E-state index in [0.29, 0.717) is 11.6 Å². The molecular formula is C17H28Cl2N4O. The van der Waals surface area contributed by atoms with Gasteiger partial charge in [-0.2, -0.15) is 0 Å². The van der Waals surface area contributed by atoms with Crippen LogP contribution >= 0.6 is 24.8 Å². The van der Waals surface area contributed by atoms with Gasteiger partial charge in [0.05, 0.1) is 5.56 Å². The second-order valence-corrected chi connectivity index (χ2v) is 6.30. The third kappa shape index (κ3) is 5.80. The molecule has 3 rings (SSSR count). The minimum absolute atomic E-state index is 0. The fraction of sp³-hybridized carbons (Fsp3) is 0.647. The fourth-order valence-electron chi connectivity index (χ4n) is 3.24. The van der Waals surface area contributed by atoms with Crippen LogP contribution in [-0.4, -0.2) is 43.1 Å². The van der Waals surface area contributed by atoms with E-state index in [1.807, 2.05) is 12.1 Å². The quantitative estimate of drug-likeness (QED) is 0.853. The maximum atomic E-state index is 12.3. The Morgan fingerprint density at radius 2 is 1.75 bits per heavy atom. The van der Waals surface area contributed by atoms with Crippen LogP contribution in [0, 0.1) is 0 Å². The second kappa shape index (κ2) is 10.7. The van der Waals surface area contributed by atoms with Crippen LogP contribution in [0.15, 0.2) is 18.3 Å². The van der Waals surface area contributed by atoms with Gasteiger partial charge in [0.2, 0.25) is 0 Å². The molecule has 2 aliphatic heterocycles. The van der Waals surface area contributed by atoms with Crippen LogP contribution in [0.3, 0.4) is 0 Å². The highest BCUT2D eigenvalue weighted by molar-refractivity contribution is 5.94. The predicted octanol–water partition coefficient (Wildman–Crippen LogP) is 2.79. The second-order valence-electron chi connectivity index (χ2n) is 6.30. The largest absolute Gasteiger partial charge is 0.357 e. The number of hydrogen-bond acceptors (Lipinski definition) is 4. The summed E-state index contributed by atoms with van der Waals surface area (Å²) in [5.41, 5.74) is 0.664. The van der Waals surface area contributed by atoms with Crippen LogP contribution < -0.4 is 15.5 Å². The number of nitrogens with one attached hydrogen (secondary N) is 2. The zero-order valence-electron chi connectivity index (χ0n) is 14.0. The Bertz CT molecular complexity index is 484. The van der Waals surface area contributed by atoms with Crippen molar-refractivity contribution in [2.45, 2.75) is 44.6 Å². The number of carbonyl (C=O) groups is 1. The first-order valence-electron chi connectivity index (χ1n) is 8.55. The van der Waals surface area contributed by atoms with E-state index in [0.717, 1.165) is 44.8 Å². The summed E-state index contributed by atoms with van der Waals surface area (Å²) >= 11 is 0. The number of carbonyl (C=O) groups excluding carboxylic acids is 1. The highest BCUT2D eigenvalue weighted by Crippen LogP contribution is 2.17. The Labute approximate surface area is 156 Å². The molecule has 7 heteroatoms. The van der Waals surface area contributed by atoms with Crippen LogP contribution in [-0.2, 0) is 0 Å². The molecule has 5 nitrogen and oxygen atoms in total. The number of piperidine rings is 1. The number of anilines is 1. The third-order valence-corrected chi connectivity index (χ3v) is 4.61. The zero-order valence-corrected chi connectivity index (χ0v) is 15.6. The molecule has 0 bridgehead atoms. The van der Waals surface area contributed by atoms with E-state index >= 15 is 0 Å². The van der Waals surface area contributed by atoms with Crippen LogP contribution in [0.1, 0.15) is 48.9 Å². The van der Waals surface area contributed by atoms with Crippen molar-refractivity contribution >= 4 is 36.5 Å². The lowest BCUT2D eigenvalue weighted by atomic mass is 10.1. The third-order valence-electron chi connectivity index (χ3n) is 4.61. The first kappa shape index (κ1) is 21.0. The Hall–Kier alpha value is -1.04. The molecule has 2 saturated heterocycles. The molecule has 24 heavy (non-hydrogen) atoms. The summed E-state index contributed by atoms with van der Waals surface area (Å²) in [6.07, 6.45) is 8.83. The smallest absolute Gasteiger partial charge is 0.253 e. The lowest BCUT2D eigenvalue weighted by Crippen LogP contribution is -2.42. The Kier molecular flexibility index (Phi) is 9.41. The topological polar surface area (TPSA) is 57.3 Å². The molecule has 0 unspecified atom stereocenters. The first-order valence-corrected chi connectivity index (χ1v) is 8.55. The monoisotopic (exact) mass is 374 g/mol. The van der Waals surface area contributed by atoms with E-state index < -0.39 is 0 Å². The Morgan fingerprint density at radius 3 is 2.33 bits per heavy atom. The van der Waals surface area contributed by atoms with Crippen LogP contribution in [0.5, 0.6) is 0 Å². The molecule has 2 aliphatic rings. The number of pyridine rings is 1. The fourth-order valence-corrected chi connectivity index (χ4v) is 3.24. The van der Waals surface area contributed by atoms with Crippen LogP contribution in [0.2, 0.25) is 0 Å². The number of nitrogens with zero attached hydrogens (tertiary/aromatic N) is 2. The van der Waals surface area contributed by atoms with Gasteiger partial charge in [-0.1, -0.05) is 12.8 Å². The van der Waals surface area contributed by atoms with Gasteiger partial charge >= 0.3 is 0 Å². The average molecular weight is 375 g/mol. The van der Waals surface area contributed by atoms with Crippen molar-refractivity contribution in [2.24, 2.45) is 0 Å². The molecule has 136 valence electrons. The molecule has 1 amide bonds. The maximum absolute atomic E-state index is 12.3. The minimum atomic E-state index is 0. The lowest BCUT2D eigenvalue weighted by Gasteiger charge is -2.24. The lowest BCUT2D eigenvalue weighted by molar-refractivity contribution is 0.0929. The van der Waals surface area contributed by atoms with Gasteiger partial charge in [-0.15, -0.1) is 24.8 Å². The molecule has 1 aromatic rings. The highest BCUT2D eigenvalue weighted by atomic mass is 35.5. The van der Waals surface area contributed by atoms with Crippen molar-refractivity contribution in [3.63, 3.8) is 0 Å². The van der Waals surface area contributed by atoms with Crippen molar-refractivity contribution in [2.75, 3.05) is 31.1 Å². The normalized spacial score (nSPS) is 18.8. The number of aromatic nitrogens is 1. The van der Waals surface area contributed by atoms with Gasteiger partial charge in [-0.05, 0) is 50.9 Å². The van der Waals surface area contributed by atoms with Crippen molar-refractivity contribution < 1.29 is 4.79 Å². The number of amides is 1. The van der Waals surface area contributed by atoms with E-state index in [-0.39, 0.29) is 30.7 Å². The maximum Gasteiger partial charge on any atom is 0.253 e. The van der Waals surface area contributed by atoms with Crippen molar-refractivity contribution in [1.82, 2.24) is 15.6 Å². The van der Waals surface area contributed by atoms with Crippen LogP contribution in [0.4, 0.5) is 5.82 Å². The molecule has 3 heterocycles. The molecule has 0 saturated carbocycles. The zero-order chi connectivity index (χ0) is 15.2. The molecule has 1 aromatic heterocycles. The number of halogens is 2. The summed E-state index contributed by atoms with van der Waals surface area (Å²) in [5, 5.41) is 6.42. The summed E-state index contributed by atoms with van der Waals surface area (Å²) < 4.78 is 0. The van der Waals surface area contributed by atoms with Crippen molar-refractivity contribution in [3.8, 4) is 0 Å². The van der Waals surface area contributed by atoms with Gasteiger partial charge in [0.15, 0.2) is 0 Å². The van der Waals surface area contributed by atoms with E-state index in [4.69, 9.17) is 0 Å². The number of rotatable bonds is 3. The van der Waals surface area contributed by atoms with Crippen LogP contribution in [0.25, 0.3) is 0 Å². The standard InChI is InChI=1S/C17H26N4O.2ClH/c22-17(20-15-7-9-18-10-8-15)14-5-6-16(19-13-14)21-11-3-1-2-4-12-21;;/h5-6,13,15,18H,1-4,7-12H2,(H,20,22);2*1H. The summed E-state index contributed by atoms with van der Waals surface area (Å²) in [6.45, 7) is 4.12. The SMILES string of the molecule is Cl.Cl.O=C(NC1CCNCC1)c1ccc(N2CCCCCC2)nc1. The summed E-state index contributed by atoms with van der Waals surface area (Å²) in [7, 11) is 0. The molecule has 0 spiro atoms. The van der Waals surface area contributed by atoms with Gasteiger partial charge in [-0.25, -0.2) is 4.98 Å². The van der Waals surface area contributed by atoms with E-state index in [2.05, 4.69) is 20.5 Å². The molecule has 0 radical (unpaired) electrons. The van der Waals surface area contributed by atoms with E-state index in [1.165, 1.54) is 25.7 Å². The van der Waals surface area contributed by atoms with E-state index in [1.54, 1.807) is 6.20 Å². The minimum Gasteiger partial charge on any atom is -0.357 e. The molecule has 2 fully saturated rings. The molecule has 0 atom stereocenters. The summed E-state index contributed by atoms with van der Waals surface area (Å²) in [6, 6.07) is 4.19. The predicted molar refractivity (Wildman–Crippen MR) is 103 cm³/mol. The van der Waals surface area contributed by atoms with Crippen molar-refractivity contribution in [3.05, 3.63) is 23.9 Å². The van der Waals surface area contributed by atoms with Crippen molar-refractivity contribution in [1.29, 1.82) is 0 Å². The first-order chi connectivity index (χ1) is 10.8. The summed E-state index contributed by atoms with van der Waals surface area (Å²) in [5.74, 6) is 1.00. The average Bonchev–Trinajstić information content (AvgIpc) is 2.85. The molecule has 0 aliphatic carbocycles. The molecule has 2 N–H and O–H groups in total. The van der Waals surface area contributed by atoms with Gasteiger partial charge in [0.25, 0.3) is 5.91 Å². The Morgan fingerprint density at radius 1 is 1.08 bits per heavy atom. The molecule has 0 aromatic carbocycles. The van der Waals surface area contributed by atoms with Gasteiger partial charge in [0.1, 0.15) is 5.82 Å². The van der Waals surface area contributed by atoms with Gasteiger partial charge < -0.3 is 15.5 Å². The summed E-state index contributed by atoms with van der Waals surface area (Å²) in [4.78, 5) is 19.1. The van der Waals surface area contributed by atoms with Gasteiger partial charge in [0, 0.05) is 25.3 Å². The molecular weight excluding hydrogens is 347 g/mol. The van der Waals surface area contributed by atoms with Gasteiger partial charge in [-0.3, -0.25) is 4.79 Å². The Balaban J connectivity index is 0.00000144.